The molecule has 0 atom stereocenters. The van der Waals surface area contributed by atoms with Crippen molar-refractivity contribution >= 4 is 29.1 Å². The maximum atomic E-state index is 13.0. The second-order valence-electron chi connectivity index (χ2n) is 8.02. The van der Waals surface area contributed by atoms with E-state index in [1.54, 1.807) is 23.4 Å². The Morgan fingerprint density at radius 1 is 0.971 bits per heavy atom. The van der Waals surface area contributed by atoms with Crippen LogP contribution in [0.4, 0.5) is 5.69 Å². The van der Waals surface area contributed by atoms with Crippen molar-refractivity contribution in [3.8, 4) is 11.4 Å². The Hall–Kier alpha value is -3.78. The number of Topliss-reactive ketones (excluding diaryl/α,β-unsaturated/α-hetero) is 1. The quantitative estimate of drug-likeness (QED) is 0.279. The Morgan fingerprint density at radius 2 is 1.79 bits per heavy atom. The minimum atomic E-state index is -0.0155. The summed E-state index contributed by atoms with van der Waals surface area (Å²) in [6.07, 6.45) is 4.87. The molecule has 0 aliphatic carbocycles. The number of aromatic nitrogens is 4. The molecule has 1 fully saturated rings. The molecule has 1 aliphatic heterocycles. The monoisotopic (exact) mass is 469 g/mol. The van der Waals surface area contributed by atoms with Gasteiger partial charge in [0.25, 0.3) is 0 Å². The number of pyridine rings is 1. The van der Waals surface area contributed by atoms with Crippen molar-refractivity contribution in [1.82, 2.24) is 19.7 Å². The number of ketones is 1. The summed E-state index contributed by atoms with van der Waals surface area (Å²) in [5.41, 5.74) is 3.41. The standard InChI is InChI=1S/C26H23N5O2S/c32-23(21-8-4-9-22(16-21)30-15-5-10-24(30)33)18-34-26-29-28-25(20-11-13-27-14-12-20)31(26)17-19-6-2-1-3-7-19/h1-4,6-9,11-14,16H,5,10,15,17-18H2. The molecule has 5 rings (SSSR count). The lowest BCUT2D eigenvalue weighted by Crippen LogP contribution is -2.23. The van der Waals surface area contributed by atoms with E-state index in [-0.39, 0.29) is 17.4 Å². The summed E-state index contributed by atoms with van der Waals surface area (Å²) in [5.74, 6) is 1.05. The van der Waals surface area contributed by atoms with Crippen molar-refractivity contribution in [2.24, 2.45) is 0 Å². The molecule has 3 heterocycles. The largest absolute Gasteiger partial charge is 0.312 e. The highest BCUT2D eigenvalue weighted by atomic mass is 32.2. The molecule has 1 amide bonds. The van der Waals surface area contributed by atoms with Crippen LogP contribution in [-0.4, -0.2) is 43.7 Å². The van der Waals surface area contributed by atoms with E-state index in [4.69, 9.17) is 0 Å². The maximum absolute atomic E-state index is 13.0. The third-order valence-corrected chi connectivity index (χ3v) is 6.69. The van der Waals surface area contributed by atoms with Crippen molar-refractivity contribution in [3.05, 3.63) is 90.3 Å². The molecule has 7 nitrogen and oxygen atoms in total. The van der Waals surface area contributed by atoms with E-state index < -0.39 is 0 Å². The number of anilines is 1. The van der Waals surface area contributed by atoms with Crippen molar-refractivity contribution in [1.29, 1.82) is 0 Å². The van der Waals surface area contributed by atoms with Gasteiger partial charge in [-0.3, -0.25) is 19.1 Å². The van der Waals surface area contributed by atoms with Crippen molar-refractivity contribution < 1.29 is 9.59 Å². The van der Waals surface area contributed by atoms with Gasteiger partial charge in [0.1, 0.15) is 0 Å². The van der Waals surface area contributed by atoms with E-state index >= 15 is 0 Å². The third kappa shape index (κ3) is 4.77. The first kappa shape index (κ1) is 22.0. The molecular weight excluding hydrogens is 446 g/mol. The number of carbonyl (C=O) groups excluding carboxylic acids is 2. The molecule has 0 unspecified atom stereocenters. The number of thioether (sulfide) groups is 1. The second-order valence-corrected chi connectivity index (χ2v) is 8.97. The third-order valence-electron chi connectivity index (χ3n) is 5.72. The van der Waals surface area contributed by atoms with Crippen LogP contribution in [0.1, 0.15) is 28.8 Å². The summed E-state index contributed by atoms with van der Waals surface area (Å²) in [5, 5.41) is 9.49. The molecule has 0 saturated carbocycles. The maximum Gasteiger partial charge on any atom is 0.227 e. The van der Waals surface area contributed by atoms with Crippen molar-refractivity contribution in [2.75, 3.05) is 17.2 Å². The van der Waals surface area contributed by atoms with Crippen LogP contribution in [0.25, 0.3) is 11.4 Å². The van der Waals surface area contributed by atoms with E-state index in [0.29, 0.717) is 30.2 Å². The molecule has 2 aromatic carbocycles. The number of rotatable bonds is 8. The molecule has 0 spiro atoms. The van der Waals surface area contributed by atoms with Crippen LogP contribution in [0.2, 0.25) is 0 Å². The molecule has 0 N–H and O–H groups in total. The average Bonchev–Trinajstić information content (AvgIpc) is 3.49. The van der Waals surface area contributed by atoms with Gasteiger partial charge in [-0.05, 0) is 36.2 Å². The predicted octanol–water partition coefficient (Wildman–Crippen LogP) is 4.49. The fourth-order valence-electron chi connectivity index (χ4n) is 4.00. The summed E-state index contributed by atoms with van der Waals surface area (Å²) < 4.78 is 2.03. The first-order chi connectivity index (χ1) is 16.7. The van der Waals surface area contributed by atoms with Crippen molar-refractivity contribution in [2.45, 2.75) is 24.5 Å². The lowest BCUT2D eigenvalue weighted by atomic mass is 10.1. The highest BCUT2D eigenvalue weighted by Crippen LogP contribution is 2.27. The van der Waals surface area contributed by atoms with Gasteiger partial charge >= 0.3 is 0 Å². The Morgan fingerprint density at radius 3 is 2.56 bits per heavy atom. The van der Waals surface area contributed by atoms with E-state index in [1.165, 1.54) is 11.8 Å². The first-order valence-corrected chi connectivity index (χ1v) is 12.1. The van der Waals surface area contributed by atoms with Crippen LogP contribution in [0.15, 0.2) is 84.3 Å². The van der Waals surface area contributed by atoms with Crippen LogP contribution in [0, 0.1) is 0 Å². The van der Waals surface area contributed by atoms with Gasteiger partial charge in [0.15, 0.2) is 16.8 Å². The van der Waals surface area contributed by atoms with Crippen LogP contribution in [0.5, 0.6) is 0 Å². The fourth-order valence-corrected chi connectivity index (χ4v) is 4.83. The molecule has 34 heavy (non-hydrogen) atoms. The minimum absolute atomic E-state index is 0.0155. The van der Waals surface area contributed by atoms with Gasteiger partial charge in [0.05, 0.1) is 12.3 Å². The van der Waals surface area contributed by atoms with Gasteiger partial charge in [-0.2, -0.15) is 0 Å². The lowest BCUT2D eigenvalue weighted by Gasteiger charge is -2.16. The molecule has 2 aromatic heterocycles. The second kappa shape index (κ2) is 10.0. The number of hydrogen-bond acceptors (Lipinski definition) is 6. The molecule has 0 radical (unpaired) electrons. The molecule has 1 saturated heterocycles. The van der Waals surface area contributed by atoms with Crippen LogP contribution >= 0.6 is 11.8 Å². The van der Waals surface area contributed by atoms with Crippen molar-refractivity contribution in [3.63, 3.8) is 0 Å². The molecular formula is C26H23N5O2S. The van der Waals surface area contributed by atoms with E-state index in [2.05, 4.69) is 27.3 Å². The van der Waals surface area contributed by atoms with Gasteiger partial charge in [0.2, 0.25) is 5.91 Å². The zero-order valence-corrected chi connectivity index (χ0v) is 19.3. The number of hydrogen-bond donors (Lipinski definition) is 0. The summed E-state index contributed by atoms with van der Waals surface area (Å²) in [7, 11) is 0. The van der Waals surface area contributed by atoms with Crippen LogP contribution in [0.3, 0.4) is 0 Å². The van der Waals surface area contributed by atoms with Gasteiger partial charge in [-0.15, -0.1) is 10.2 Å². The van der Waals surface area contributed by atoms with Gasteiger partial charge in [-0.1, -0.05) is 54.2 Å². The summed E-state index contributed by atoms with van der Waals surface area (Å²) in [6.45, 7) is 1.29. The lowest BCUT2D eigenvalue weighted by molar-refractivity contribution is -0.117. The Kier molecular flexibility index (Phi) is 6.49. The Balaban J connectivity index is 1.37. The van der Waals surface area contributed by atoms with Crippen LogP contribution in [-0.2, 0) is 11.3 Å². The summed E-state index contributed by atoms with van der Waals surface area (Å²) in [4.78, 5) is 31.0. The van der Waals surface area contributed by atoms with Gasteiger partial charge in [0, 0.05) is 42.2 Å². The number of amides is 1. The van der Waals surface area contributed by atoms with E-state index in [0.717, 1.165) is 29.1 Å². The average molecular weight is 470 g/mol. The Bertz CT molecular complexity index is 1310. The summed E-state index contributed by atoms with van der Waals surface area (Å²) >= 11 is 1.37. The SMILES string of the molecule is O=C(CSc1nnc(-c2ccncc2)n1Cc1ccccc1)c1cccc(N2CCCC2=O)c1. The first-order valence-electron chi connectivity index (χ1n) is 11.1. The minimum Gasteiger partial charge on any atom is -0.312 e. The van der Waals surface area contributed by atoms with Crippen LogP contribution < -0.4 is 4.90 Å². The topological polar surface area (TPSA) is 81.0 Å². The van der Waals surface area contributed by atoms with E-state index in [9.17, 15) is 9.59 Å². The zero-order valence-electron chi connectivity index (χ0n) is 18.5. The molecule has 0 bridgehead atoms. The summed E-state index contributed by atoms with van der Waals surface area (Å²) in [6, 6.07) is 21.2. The molecule has 8 heteroatoms. The van der Waals surface area contributed by atoms with Gasteiger partial charge < -0.3 is 4.90 Å². The highest BCUT2D eigenvalue weighted by molar-refractivity contribution is 7.99. The van der Waals surface area contributed by atoms with E-state index in [1.807, 2.05) is 53.1 Å². The Labute approximate surface area is 201 Å². The zero-order chi connectivity index (χ0) is 23.3. The smallest absolute Gasteiger partial charge is 0.227 e. The normalized spacial score (nSPS) is 13.4. The number of carbonyl (C=O) groups is 2. The highest BCUT2D eigenvalue weighted by Gasteiger charge is 2.22. The fraction of sp³-hybridized carbons (Fsp3) is 0.192. The number of nitrogens with zero attached hydrogens (tertiary/aromatic N) is 5. The molecule has 4 aromatic rings. The predicted molar refractivity (Wildman–Crippen MR) is 132 cm³/mol. The number of benzene rings is 2. The molecule has 1 aliphatic rings. The molecule has 170 valence electrons. The van der Waals surface area contributed by atoms with Gasteiger partial charge in [-0.25, -0.2) is 0 Å².